The summed E-state index contributed by atoms with van der Waals surface area (Å²) in [5.74, 6) is -1.13. The van der Waals surface area contributed by atoms with Gasteiger partial charge in [-0.2, -0.15) is 0 Å². The molecule has 4 atom stereocenters. The largest absolute Gasteiger partial charge is 0.457 e. The third-order valence-electron chi connectivity index (χ3n) is 2.80. The van der Waals surface area contributed by atoms with Crippen molar-refractivity contribution in [1.82, 2.24) is 0 Å². The Hall–Kier alpha value is -0.690. The first kappa shape index (κ1) is 12.8. The molecule has 0 bridgehead atoms. The van der Waals surface area contributed by atoms with Gasteiger partial charge in [-0.15, -0.1) is 0 Å². The quantitative estimate of drug-likeness (QED) is 0.716. The average Bonchev–Trinajstić information content (AvgIpc) is 2.62. The van der Waals surface area contributed by atoms with Gasteiger partial charge in [-0.05, 0) is 13.8 Å². The van der Waals surface area contributed by atoms with Gasteiger partial charge in [0.1, 0.15) is 6.10 Å². The lowest BCUT2D eigenvalue weighted by molar-refractivity contribution is -0.219. The van der Waals surface area contributed by atoms with Gasteiger partial charge in [-0.25, -0.2) is 0 Å². The van der Waals surface area contributed by atoms with E-state index < -0.39 is 30.3 Å². The van der Waals surface area contributed by atoms with Crippen LogP contribution in [0.3, 0.4) is 0 Å². The lowest BCUT2D eigenvalue weighted by Gasteiger charge is -2.25. The number of carbonyl (C=O) groups is 1. The molecule has 2 aliphatic rings. The maximum Gasteiger partial charge on any atom is 0.303 e. The predicted octanol–water partition coefficient (Wildman–Crippen LogP) is 0.177. The Kier molecular flexibility index (Phi) is 3.40. The summed E-state index contributed by atoms with van der Waals surface area (Å²) in [6.07, 6.45) is -1.48. The minimum absolute atomic E-state index is 0.0364. The molecule has 0 saturated carbocycles. The standard InChI is InChI=1S/C11H18O6/c1-6(13)14-8-7(4-5-12)15-10-9(8)16-11(2,3)17-10/h7-10,12H,4-5H2,1-3H3. The van der Waals surface area contributed by atoms with Gasteiger partial charge in [-0.3, -0.25) is 4.79 Å². The van der Waals surface area contributed by atoms with Gasteiger partial charge in [0.05, 0.1) is 0 Å². The fourth-order valence-corrected chi connectivity index (χ4v) is 2.24. The Labute approximate surface area is 99.8 Å². The van der Waals surface area contributed by atoms with Crippen LogP contribution in [0, 0.1) is 0 Å². The van der Waals surface area contributed by atoms with Crippen molar-refractivity contribution in [2.75, 3.05) is 6.61 Å². The molecular weight excluding hydrogens is 228 g/mol. The molecule has 2 rings (SSSR count). The minimum Gasteiger partial charge on any atom is -0.457 e. The molecule has 1 N–H and O–H groups in total. The van der Waals surface area contributed by atoms with Crippen molar-refractivity contribution in [2.45, 2.75) is 57.6 Å². The Morgan fingerprint density at radius 3 is 2.71 bits per heavy atom. The van der Waals surface area contributed by atoms with Crippen LogP contribution in [0.25, 0.3) is 0 Å². The topological polar surface area (TPSA) is 74.2 Å². The molecule has 17 heavy (non-hydrogen) atoms. The molecule has 0 spiro atoms. The summed E-state index contributed by atoms with van der Waals surface area (Å²) in [5.41, 5.74) is 0. The van der Waals surface area contributed by atoms with Crippen LogP contribution >= 0.6 is 0 Å². The number of rotatable bonds is 3. The van der Waals surface area contributed by atoms with Crippen LogP contribution in [0.15, 0.2) is 0 Å². The van der Waals surface area contributed by atoms with Gasteiger partial charge in [-0.1, -0.05) is 0 Å². The Balaban J connectivity index is 2.09. The summed E-state index contributed by atoms with van der Waals surface area (Å²) >= 11 is 0. The smallest absolute Gasteiger partial charge is 0.303 e. The van der Waals surface area contributed by atoms with E-state index in [-0.39, 0.29) is 12.7 Å². The molecule has 6 nitrogen and oxygen atoms in total. The van der Waals surface area contributed by atoms with Crippen molar-refractivity contribution >= 4 is 5.97 Å². The normalized spacial score (nSPS) is 39.1. The van der Waals surface area contributed by atoms with Crippen LogP contribution in [-0.2, 0) is 23.7 Å². The van der Waals surface area contributed by atoms with Crippen molar-refractivity contribution < 1.29 is 28.8 Å². The minimum atomic E-state index is -0.738. The maximum atomic E-state index is 11.1. The van der Waals surface area contributed by atoms with E-state index in [4.69, 9.17) is 24.1 Å². The van der Waals surface area contributed by atoms with Gasteiger partial charge >= 0.3 is 5.97 Å². The van der Waals surface area contributed by atoms with Crippen LogP contribution in [-0.4, -0.2) is 48.1 Å². The van der Waals surface area contributed by atoms with Crippen LogP contribution in [0.4, 0.5) is 0 Å². The molecule has 4 unspecified atom stereocenters. The zero-order valence-electron chi connectivity index (χ0n) is 10.2. The van der Waals surface area contributed by atoms with E-state index in [1.807, 2.05) is 0 Å². The molecule has 2 aliphatic heterocycles. The van der Waals surface area contributed by atoms with E-state index in [9.17, 15) is 4.79 Å². The zero-order chi connectivity index (χ0) is 12.6. The Bertz CT molecular complexity index is 302. The second-order valence-corrected chi connectivity index (χ2v) is 4.73. The number of ether oxygens (including phenoxy) is 4. The summed E-state index contributed by atoms with van der Waals surface area (Å²) in [7, 11) is 0. The predicted molar refractivity (Wildman–Crippen MR) is 56.0 cm³/mol. The summed E-state index contributed by atoms with van der Waals surface area (Å²) in [4.78, 5) is 11.1. The van der Waals surface area contributed by atoms with Crippen molar-refractivity contribution in [3.8, 4) is 0 Å². The van der Waals surface area contributed by atoms with E-state index in [0.717, 1.165) is 0 Å². The Morgan fingerprint density at radius 1 is 1.41 bits per heavy atom. The Morgan fingerprint density at radius 2 is 2.12 bits per heavy atom. The first-order chi connectivity index (χ1) is 7.93. The molecule has 98 valence electrons. The van der Waals surface area contributed by atoms with Crippen molar-refractivity contribution in [3.05, 3.63) is 0 Å². The molecule has 0 aliphatic carbocycles. The van der Waals surface area contributed by atoms with Gasteiger partial charge in [0.15, 0.2) is 24.3 Å². The molecular formula is C11H18O6. The highest BCUT2D eigenvalue weighted by molar-refractivity contribution is 5.66. The lowest BCUT2D eigenvalue weighted by Crippen LogP contribution is -2.38. The summed E-state index contributed by atoms with van der Waals surface area (Å²) in [6.45, 7) is 4.86. The molecule has 0 aromatic carbocycles. The van der Waals surface area contributed by atoms with Gasteiger partial charge in [0.2, 0.25) is 0 Å². The lowest BCUT2D eigenvalue weighted by atomic mass is 10.1. The monoisotopic (exact) mass is 246 g/mol. The first-order valence-electron chi connectivity index (χ1n) is 5.72. The van der Waals surface area contributed by atoms with E-state index in [1.165, 1.54) is 6.92 Å². The molecule has 0 aromatic heterocycles. The molecule has 0 amide bonds. The second-order valence-electron chi connectivity index (χ2n) is 4.73. The summed E-state index contributed by atoms with van der Waals surface area (Å²) < 4.78 is 22.0. The van der Waals surface area contributed by atoms with Crippen LogP contribution in [0.5, 0.6) is 0 Å². The molecule has 2 heterocycles. The zero-order valence-corrected chi connectivity index (χ0v) is 10.2. The molecule has 0 aromatic rings. The summed E-state index contributed by atoms with van der Waals surface area (Å²) in [6, 6.07) is 0. The van der Waals surface area contributed by atoms with Crippen LogP contribution in [0.1, 0.15) is 27.2 Å². The SMILES string of the molecule is CC(=O)OC1C(CCO)OC2OC(C)(C)OC21. The third kappa shape index (κ3) is 2.60. The summed E-state index contributed by atoms with van der Waals surface area (Å²) in [5, 5.41) is 8.94. The highest BCUT2D eigenvalue weighted by Crippen LogP contribution is 2.39. The van der Waals surface area contributed by atoms with Gasteiger partial charge < -0.3 is 24.1 Å². The number of fused-ring (bicyclic) bond motifs is 1. The number of hydrogen-bond acceptors (Lipinski definition) is 6. The number of hydrogen-bond donors (Lipinski definition) is 1. The number of aliphatic hydroxyl groups is 1. The number of esters is 1. The van der Waals surface area contributed by atoms with Gasteiger partial charge in [0, 0.05) is 20.0 Å². The molecule has 6 heteroatoms. The van der Waals surface area contributed by atoms with E-state index >= 15 is 0 Å². The number of carbonyl (C=O) groups excluding carboxylic acids is 1. The molecule has 2 fully saturated rings. The fourth-order valence-electron chi connectivity index (χ4n) is 2.24. The third-order valence-corrected chi connectivity index (χ3v) is 2.80. The molecule has 0 radical (unpaired) electrons. The highest BCUT2D eigenvalue weighted by atomic mass is 16.8. The fraction of sp³-hybridized carbons (Fsp3) is 0.909. The van der Waals surface area contributed by atoms with E-state index in [1.54, 1.807) is 13.8 Å². The first-order valence-corrected chi connectivity index (χ1v) is 5.72. The van der Waals surface area contributed by atoms with E-state index in [2.05, 4.69) is 0 Å². The van der Waals surface area contributed by atoms with Crippen molar-refractivity contribution in [3.63, 3.8) is 0 Å². The number of aliphatic hydroxyl groups excluding tert-OH is 1. The van der Waals surface area contributed by atoms with Gasteiger partial charge in [0.25, 0.3) is 0 Å². The van der Waals surface area contributed by atoms with Crippen molar-refractivity contribution in [1.29, 1.82) is 0 Å². The molecule has 2 saturated heterocycles. The van der Waals surface area contributed by atoms with Crippen LogP contribution in [0.2, 0.25) is 0 Å². The second kappa shape index (κ2) is 4.53. The maximum absolute atomic E-state index is 11.1. The van der Waals surface area contributed by atoms with Crippen LogP contribution < -0.4 is 0 Å². The average molecular weight is 246 g/mol. The van der Waals surface area contributed by atoms with E-state index in [0.29, 0.717) is 6.42 Å². The van der Waals surface area contributed by atoms with Crippen molar-refractivity contribution in [2.24, 2.45) is 0 Å². The highest BCUT2D eigenvalue weighted by Gasteiger charge is 2.56.